The smallest absolute Gasteiger partial charge is 0.164 e. The van der Waals surface area contributed by atoms with Crippen molar-refractivity contribution in [3.05, 3.63) is 146 Å². The van der Waals surface area contributed by atoms with Gasteiger partial charge in [-0.15, -0.1) is 11.3 Å². The lowest BCUT2D eigenvalue weighted by molar-refractivity contribution is 0.669. The van der Waals surface area contributed by atoms with Gasteiger partial charge in [0.15, 0.2) is 17.5 Å². The van der Waals surface area contributed by atoms with Gasteiger partial charge in [0.1, 0.15) is 16.2 Å². The summed E-state index contributed by atoms with van der Waals surface area (Å²) in [4.78, 5) is 19.8. The molecular weight excluding hydrogens is 585 g/mol. The minimum Gasteiger partial charge on any atom is -0.456 e. The zero-order valence-electron chi connectivity index (χ0n) is 24.5. The van der Waals surface area contributed by atoms with Crippen LogP contribution in [0.1, 0.15) is 0 Å². The molecule has 0 aliphatic rings. The lowest BCUT2D eigenvalue weighted by Gasteiger charge is -2.09. The molecule has 0 unspecified atom stereocenters. The van der Waals surface area contributed by atoms with Crippen LogP contribution in [-0.4, -0.2) is 19.9 Å². The summed E-state index contributed by atoms with van der Waals surface area (Å²) in [6.45, 7) is 0. The van der Waals surface area contributed by atoms with E-state index in [2.05, 4.69) is 54.6 Å². The van der Waals surface area contributed by atoms with Crippen molar-refractivity contribution < 1.29 is 4.42 Å². The minimum absolute atomic E-state index is 0.605. The van der Waals surface area contributed by atoms with E-state index >= 15 is 0 Å². The van der Waals surface area contributed by atoms with E-state index in [-0.39, 0.29) is 0 Å². The second-order valence-corrected chi connectivity index (χ2v) is 12.1. The minimum atomic E-state index is 0.605. The number of furan rings is 1. The molecule has 0 saturated heterocycles. The van der Waals surface area contributed by atoms with Gasteiger partial charge in [0, 0.05) is 38.6 Å². The van der Waals surface area contributed by atoms with Crippen molar-refractivity contribution in [2.24, 2.45) is 0 Å². The monoisotopic (exact) mass is 608 g/mol. The van der Waals surface area contributed by atoms with E-state index in [1.54, 1.807) is 11.3 Å². The summed E-state index contributed by atoms with van der Waals surface area (Å²) in [6, 6.07) is 49.2. The van der Waals surface area contributed by atoms with Crippen LogP contribution in [0.4, 0.5) is 0 Å². The van der Waals surface area contributed by atoms with Gasteiger partial charge in [0.25, 0.3) is 0 Å². The highest BCUT2D eigenvalue weighted by molar-refractivity contribution is 7.22. The quantitative estimate of drug-likeness (QED) is 0.194. The summed E-state index contributed by atoms with van der Waals surface area (Å²) < 4.78 is 7.67. The van der Waals surface area contributed by atoms with Gasteiger partial charge in [-0.05, 0) is 29.8 Å². The number of fused-ring (bicyclic) bond motifs is 4. The lowest BCUT2D eigenvalue weighted by Crippen LogP contribution is -2.00. The summed E-state index contributed by atoms with van der Waals surface area (Å²) >= 11 is 1.72. The Balaban J connectivity index is 1.20. The molecule has 0 spiro atoms. The summed E-state index contributed by atoms with van der Waals surface area (Å²) in [5, 5.41) is 3.01. The number of hydrogen-bond donors (Lipinski definition) is 0. The largest absolute Gasteiger partial charge is 0.456 e. The Bertz CT molecular complexity index is 2470. The number of rotatable bonds is 5. The maximum atomic E-state index is 6.51. The first-order chi connectivity index (χ1) is 22.8. The van der Waals surface area contributed by atoms with Gasteiger partial charge in [-0.25, -0.2) is 19.9 Å². The second kappa shape index (κ2) is 10.9. The maximum Gasteiger partial charge on any atom is 0.164 e. The molecular formula is C40H24N4OS. The number of benzene rings is 6. The lowest BCUT2D eigenvalue weighted by atomic mass is 10.0. The molecule has 9 rings (SSSR count). The molecule has 6 aromatic carbocycles. The van der Waals surface area contributed by atoms with Gasteiger partial charge < -0.3 is 4.42 Å². The van der Waals surface area contributed by atoms with Crippen LogP contribution in [0.25, 0.3) is 88.0 Å². The topological polar surface area (TPSA) is 64.7 Å². The summed E-state index contributed by atoms with van der Waals surface area (Å²) in [5.41, 5.74) is 8.70. The maximum absolute atomic E-state index is 6.51. The Kier molecular flexibility index (Phi) is 6.25. The average Bonchev–Trinajstić information content (AvgIpc) is 3.74. The predicted octanol–water partition coefficient (Wildman–Crippen LogP) is 10.7. The fourth-order valence-electron chi connectivity index (χ4n) is 5.99. The van der Waals surface area contributed by atoms with Gasteiger partial charge in [-0.1, -0.05) is 121 Å². The first-order valence-corrected chi connectivity index (χ1v) is 15.9. The summed E-state index contributed by atoms with van der Waals surface area (Å²) in [7, 11) is 0. The Morgan fingerprint density at radius 2 is 1.04 bits per heavy atom. The van der Waals surface area contributed by atoms with Crippen LogP contribution in [0.2, 0.25) is 0 Å². The SMILES string of the molecule is c1ccc(-c2nc(-c3ccccc3)nc(-c3cccc4oc5cc(-c6cccc7nc(-c8ccccc8)sc67)ccc5c34)n2)cc1. The van der Waals surface area contributed by atoms with Crippen LogP contribution >= 0.6 is 11.3 Å². The summed E-state index contributed by atoms with van der Waals surface area (Å²) in [5.74, 6) is 1.86. The van der Waals surface area contributed by atoms with Crippen molar-refractivity contribution >= 4 is 43.5 Å². The van der Waals surface area contributed by atoms with Gasteiger partial charge >= 0.3 is 0 Å². The molecule has 0 atom stereocenters. The zero-order chi connectivity index (χ0) is 30.5. The van der Waals surface area contributed by atoms with E-state index < -0.39 is 0 Å². The van der Waals surface area contributed by atoms with Crippen LogP contribution in [0.5, 0.6) is 0 Å². The molecule has 9 aromatic rings. The Labute approximate surface area is 268 Å². The molecule has 3 heterocycles. The molecule has 0 bridgehead atoms. The fraction of sp³-hybridized carbons (Fsp3) is 0. The third-order valence-electron chi connectivity index (χ3n) is 8.18. The molecule has 0 saturated carbocycles. The fourth-order valence-corrected chi connectivity index (χ4v) is 7.09. The molecule has 0 N–H and O–H groups in total. The highest BCUT2D eigenvalue weighted by atomic mass is 32.1. The van der Waals surface area contributed by atoms with E-state index in [0.717, 1.165) is 70.5 Å². The molecule has 0 amide bonds. The van der Waals surface area contributed by atoms with E-state index in [4.69, 9.17) is 24.4 Å². The van der Waals surface area contributed by atoms with Crippen molar-refractivity contribution in [1.82, 2.24) is 19.9 Å². The van der Waals surface area contributed by atoms with Gasteiger partial charge in [-0.3, -0.25) is 0 Å². The van der Waals surface area contributed by atoms with Gasteiger partial charge in [0.05, 0.1) is 10.2 Å². The van der Waals surface area contributed by atoms with E-state index in [1.165, 1.54) is 0 Å². The standard InChI is InChI=1S/C40H24N4OS/c1-4-12-25(13-5-1)37-42-38(26-14-6-2-7-15-26)44-39(43-37)31-19-11-21-33-35(31)30-23-22-28(24-34(30)45-33)29-18-10-20-32-36(29)46-40(41-32)27-16-8-3-9-17-27/h1-24H. The molecule has 0 aliphatic carbocycles. The molecule has 46 heavy (non-hydrogen) atoms. The van der Waals surface area contributed by atoms with Crippen molar-refractivity contribution in [3.8, 4) is 55.9 Å². The molecule has 5 nitrogen and oxygen atoms in total. The van der Waals surface area contributed by atoms with Crippen molar-refractivity contribution in [2.45, 2.75) is 0 Å². The zero-order valence-corrected chi connectivity index (χ0v) is 25.3. The third-order valence-corrected chi connectivity index (χ3v) is 9.34. The molecule has 6 heteroatoms. The Hall–Kier alpha value is -5.98. The highest BCUT2D eigenvalue weighted by Crippen LogP contribution is 2.41. The molecule has 0 aliphatic heterocycles. The Morgan fingerprint density at radius 3 is 1.74 bits per heavy atom. The van der Waals surface area contributed by atoms with E-state index in [1.807, 2.05) is 91.0 Å². The molecule has 0 fully saturated rings. The normalized spacial score (nSPS) is 11.5. The van der Waals surface area contributed by atoms with Crippen LogP contribution in [0, 0.1) is 0 Å². The molecule has 216 valence electrons. The number of thiazole rings is 1. The van der Waals surface area contributed by atoms with Crippen LogP contribution in [0.15, 0.2) is 150 Å². The van der Waals surface area contributed by atoms with Gasteiger partial charge in [-0.2, -0.15) is 0 Å². The van der Waals surface area contributed by atoms with Gasteiger partial charge in [0.2, 0.25) is 0 Å². The second-order valence-electron chi connectivity index (χ2n) is 11.1. The van der Waals surface area contributed by atoms with Crippen LogP contribution in [0.3, 0.4) is 0 Å². The molecule has 0 radical (unpaired) electrons. The van der Waals surface area contributed by atoms with E-state index in [0.29, 0.717) is 17.5 Å². The van der Waals surface area contributed by atoms with Crippen molar-refractivity contribution in [3.63, 3.8) is 0 Å². The highest BCUT2D eigenvalue weighted by Gasteiger charge is 2.19. The number of hydrogen-bond acceptors (Lipinski definition) is 6. The first kappa shape index (κ1) is 26.4. The molecule has 3 aromatic heterocycles. The third kappa shape index (κ3) is 4.55. The van der Waals surface area contributed by atoms with E-state index in [9.17, 15) is 0 Å². The number of nitrogens with zero attached hydrogens (tertiary/aromatic N) is 4. The average molecular weight is 609 g/mol. The number of aromatic nitrogens is 4. The first-order valence-electron chi connectivity index (χ1n) is 15.1. The van der Waals surface area contributed by atoms with Crippen LogP contribution in [-0.2, 0) is 0 Å². The Morgan fingerprint density at radius 1 is 0.435 bits per heavy atom. The van der Waals surface area contributed by atoms with Crippen LogP contribution < -0.4 is 0 Å². The summed E-state index contributed by atoms with van der Waals surface area (Å²) in [6.07, 6.45) is 0. The van der Waals surface area contributed by atoms with Crippen molar-refractivity contribution in [2.75, 3.05) is 0 Å². The predicted molar refractivity (Wildman–Crippen MR) is 187 cm³/mol. The van der Waals surface area contributed by atoms with Crippen molar-refractivity contribution in [1.29, 1.82) is 0 Å².